The number of nitro groups is 1. The van der Waals surface area contributed by atoms with E-state index in [1.54, 1.807) is 6.92 Å². The lowest BCUT2D eigenvalue weighted by Gasteiger charge is -2.13. The van der Waals surface area contributed by atoms with Crippen molar-refractivity contribution in [2.75, 3.05) is 18.1 Å². The highest BCUT2D eigenvalue weighted by molar-refractivity contribution is 7.84. The van der Waals surface area contributed by atoms with E-state index in [-0.39, 0.29) is 28.7 Å². The van der Waals surface area contributed by atoms with Crippen LogP contribution in [0.15, 0.2) is 18.2 Å². The molecule has 0 aromatic heterocycles. The molecular formula is C11H14N2O5S. The van der Waals surface area contributed by atoms with E-state index in [0.29, 0.717) is 0 Å². The molecule has 0 saturated carbocycles. The highest BCUT2D eigenvalue weighted by atomic mass is 32.2. The van der Waals surface area contributed by atoms with Crippen molar-refractivity contribution >= 4 is 28.1 Å². The van der Waals surface area contributed by atoms with Gasteiger partial charge in [0.15, 0.2) is 0 Å². The van der Waals surface area contributed by atoms with E-state index < -0.39 is 21.7 Å². The van der Waals surface area contributed by atoms with E-state index in [4.69, 9.17) is 5.11 Å². The number of nitro benzene ring substituents is 1. The Morgan fingerprint density at radius 1 is 1.58 bits per heavy atom. The molecular weight excluding hydrogens is 272 g/mol. The van der Waals surface area contributed by atoms with Crippen LogP contribution in [0.2, 0.25) is 0 Å². The molecule has 0 saturated heterocycles. The Kier molecular flexibility index (Phi) is 4.99. The normalized spacial score (nSPS) is 13.6. The first-order valence-corrected chi connectivity index (χ1v) is 7.03. The highest BCUT2D eigenvalue weighted by Crippen LogP contribution is 2.28. The monoisotopic (exact) mass is 286 g/mol. The number of hydrogen-bond acceptors (Lipinski definition) is 5. The van der Waals surface area contributed by atoms with Crippen LogP contribution in [0.3, 0.4) is 0 Å². The molecule has 1 rings (SSSR count). The molecule has 2 unspecified atom stereocenters. The number of para-hydroxylation sites is 1. The maximum absolute atomic E-state index is 11.2. The van der Waals surface area contributed by atoms with Gasteiger partial charge in [-0.05, 0) is 13.0 Å². The van der Waals surface area contributed by atoms with E-state index in [2.05, 4.69) is 5.32 Å². The van der Waals surface area contributed by atoms with Gasteiger partial charge in [-0.25, -0.2) is 4.79 Å². The van der Waals surface area contributed by atoms with Crippen molar-refractivity contribution in [1.82, 2.24) is 0 Å². The number of rotatable bonds is 6. The van der Waals surface area contributed by atoms with Gasteiger partial charge in [-0.1, -0.05) is 6.07 Å². The number of anilines is 1. The van der Waals surface area contributed by atoms with Gasteiger partial charge in [0.2, 0.25) is 0 Å². The first-order chi connectivity index (χ1) is 8.84. The second kappa shape index (κ2) is 6.28. The summed E-state index contributed by atoms with van der Waals surface area (Å²) in [5.41, 5.74) is -0.547. The van der Waals surface area contributed by atoms with E-state index >= 15 is 0 Å². The zero-order valence-corrected chi connectivity index (χ0v) is 11.3. The fraction of sp³-hybridized carbons (Fsp3) is 0.364. The minimum Gasteiger partial charge on any atom is -0.478 e. The van der Waals surface area contributed by atoms with Crippen molar-refractivity contribution < 1.29 is 19.0 Å². The Labute approximate surface area is 112 Å². The third-order valence-corrected chi connectivity index (χ3v) is 3.90. The van der Waals surface area contributed by atoms with Gasteiger partial charge in [-0.3, -0.25) is 14.3 Å². The third-order valence-electron chi connectivity index (χ3n) is 2.60. The number of hydrogen-bond donors (Lipinski definition) is 2. The van der Waals surface area contributed by atoms with E-state index in [0.717, 1.165) is 0 Å². The molecule has 0 radical (unpaired) electrons. The van der Waals surface area contributed by atoms with Crippen molar-refractivity contribution in [3.8, 4) is 0 Å². The molecule has 0 amide bonds. The topological polar surface area (TPSA) is 110 Å². The maximum Gasteiger partial charge on any atom is 0.338 e. The van der Waals surface area contributed by atoms with Crippen LogP contribution in [-0.2, 0) is 10.8 Å². The van der Waals surface area contributed by atoms with Crippen molar-refractivity contribution in [2.45, 2.75) is 12.2 Å². The fourth-order valence-electron chi connectivity index (χ4n) is 1.42. The zero-order valence-electron chi connectivity index (χ0n) is 10.5. The minimum absolute atomic E-state index is 0.0581. The second-order valence-electron chi connectivity index (χ2n) is 3.95. The van der Waals surface area contributed by atoms with Crippen molar-refractivity contribution in [2.24, 2.45) is 0 Å². The number of nitrogens with one attached hydrogen (secondary N) is 1. The van der Waals surface area contributed by atoms with Crippen LogP contribution >= 0.6 is 0 Å². The van der Waals surface area contributed by atoms with Crippen LogP contribution in [-0.4, -0.2) is 38.3 Å². The molecule has 1 aromatic carbocycles. The average Bonchev–Trinajstić information content (AvgIpc) is 2.34. The lowest BCUT2D eigenvalue weighted by molar-refractivity contribution is -0.384. The SMILES string of the molecule is CC(CNc1c(C(=O)O)cccc1[N+](=O)[O-])S(C)=O. The van der Waals surface area contributed by atoms with E-state index in [9.17, 15) is 19.1 Å². The standard InChI is InChI=1S/C11H14N2O5S/c1-7(19(2)18)6-12-10-8(11(14)15)4-3-5-9(10)13(16)17/h3-5,7,12H,6H2,1-2H3,(H,14,15). The Hall–Kier alpha value is -1.96. The highest BCUT2D eigenvalue weighted by Gasteiger charge is 2.21. The average molecular weight is 286 g/mol. The molecule has 0 heterocycles. The van der Waals surface area contributed by atoms with Crippen LogP contribution < -0.4 is 5.32 Å². The van der Waals surface area contributed by atoms with Crippen LogP contribution in [0.25, 0.3) is 0 Å². The molecule has 0 aliphatic carbocycles. The van der Waals surface area contributed by atoms with E-state index in [1.165, 1.54) is 24.5 Å². The van der Waals surface area contributed by atoms with Gasteiger partial charge in [-0.15, -0.1) is 0 Å². The molecule has 0 fully saturated rings. The molecule has 8 heteroatoms. The number of carboxylic acids is 1. The number of aromatic carboxylic acids is 1. The molecule has 0 aliphatic rings. The lowest BCUT2D eigenvalue weighted by atomic mass is 10.1. The largest absolute Gasteiger partial charge is 0.478 e. The third kappa shape index (κ3) is 3.75. The molecule has 2 N–H and O–H groups in total. The Bertz CT molecular complexity index is 500. The van der Waals surface area contributed by atoms with Crippen LogP contribution in [0.4, 0.5) is 11.4 Å². The van der Waals surface area contributed by atoms with Gasteiger partial charge in [0.1, 0.15) is 5.69 Å². The van der Waals surface area contributed by atoms with Gasteiger partial charge in [-0.2, -0.15) is 0 Å². The number of carbonyl (C=O) groups is 1. The predicted molar refractivity (Wildman–Crippen MR) is 72.1 cm³/mol. The maximum atomic E-state index is 11.2. The fourth-order valence-corrected chi connectivity index (χ4v) is 1.74. The summed E-state index contributed by atoms with van der Waals surface area (Å²) in [6, 6.07) is 3.82. The molecule has 0 bridgehead atoms. The quantitative estimate of drug-likeness (QED) is 0.605. The molecule has 0 aliphatic heterocycles. The smallest absolute Gasteiger partial charge is 0.338 e. The van der Waals surface area contributed by atoms with Crippen molar-refractivity contribution in [3.05, 3.63) is 33.9 Å². The Balaban J connectivity index is 3.11. The number of nitrogens with zero attached hydrogens (tertiary/aromatic N) is 1. The van der Waals surface area contributed by atoms with Crippen molar-refractivity contribution in [1.29, 1.82) is 0 Å². The molecule has 0 spiro atoms. The van der Waals surface area contributed by atoms with Crippen molar-refractivity contribution in [3.63, 3.8) is 0 Å². The van der Waals surface area contributed by atoms with E-state index in [1.807, 2.05) is 0 Å². The number of carboxylic acid groups (broad SMARTS) is 1. The summed E-state index contributed by atoms with van der Waals surface area (Å²) in [6.45, 7) is 1.90. The summed E-state index contributed by atoms with van der Waals surface area (Å²) < 4.78 is 11.2. The summed E-state index contributed by atoms with van der Waals surface area (Å²) in [5, 5.41) is 22.4. The lowest BCUT2D eigenvalue weighted by Crippen LogP contribution is -2.22. The van der Waals surface area contributed by atoms with Gasteiger partial charge < -0.3 is 10.4 Å². The van der Waals surface area contributed by atoms with Crippen LogP contribution in [0.1, 0.15) is 17.3 Å². The molecule has 104 valence electrons. The molecule has 1 aromatic rings. The molecule has 2 atom stereocenters. The predicted octanol–water partition coefficient (Wildman–Crippen LogP) is 1.47. The van der Waals surface area contributed by atoms with Gasteiger partial charge in [0.05, 0.1) is 10.5 Å². The summed E-state index contributed by atoms with van der Waals surface area (Å²) in [7, 11) is -1.10. The van der Waals surface area contributed by atoms with Gasteiger partial charge in [0.25, 0.3) is 5.69 Å². The molecule has 7 nitrogen and oxygen atoms in total. The number of benzene rings is 1. The first kappa shape index (κ1) is 15.1. The summed E-state index contributed by atoms with van der Waals surface area (Å²) in [4.78, 5) is 21.3. The summed E-state index contributed by atoms with van der Waals surface area (Å²) in [5.74, 6) is -1.25. The summed E-state index contributed by atoms with van der Waals surface area (Å²) >= 11 is 0. The Morgan fingerprint density at radius 3 is 2.68 bits per heavy atom. The van der Waals surface area contributed by atoms with Crippen LogP contribution in [0.5, 0.6) is 0 Å². The Morgan fingerprint density at radius 2 is 2.21 bits per heavy atom. The zero-order chi connectivity index (χ0) is 14.6. The van der Waals surface area contributed by atoms with Gasteiger partial charge in [0, 0.05) is 34.9 Å². The summed E-state index contributed by atoms with van der Waals surface area (Å²) in [6.07, 6.45) is 1.52. The molecule has 19 heavy (non-hydrogen) atoms. The minimum atomic E-state index is -1.25. The van der Waals surface area contributed by atoms with Crippen LogP contribution in [0, 0.1) is 10.1 Å². The first-order valence-electron chi connectivity index (χ1n) is 5.41. The second-order valence-corrected chi connectivity index (χ2v) is 5.75. The van der Waals surface area contributed by atoms with Gasteiger partial charge >= 0.3 is 5.97 Å².